The molecule has 1 N–H and O–H groups in total. The fraction of sp³-hybridized carbons (Fsp3) is 0.529. The van der Waals surface area contributed by atoms with E-state index >= 15 is 0 Å². The van der Waals surface area contributed by atoms with E-state index in [2.05, 4.69) is 19.7 Å². The Balaban J connectivity index is 1.73. The number of aromatic amines is 1. The first kappa shape index (κ1) is 16.2. The van der Waals surface area contributed by atoms with Gasteiger partial charge in [0.05, 0.1) is 6.61 Å². The Kier molecular flexibility index (Phi) is 5.46. The largest absolute Gasteiger partial charge is 0.494 e. The lowest BCUT2D eigenvalue weighted by Crippen LogP contribution is -2.32. The van der Waals surface area contributed by atoms with Crippen molar-refractivity contribution in [3.8, 4) is 17.1 Å². The highest BCUT2D eigenvalue weighted by atomic mass is 32.1. The quantitative estimate of drug-likeness (QED) is 0.823. The molecule has 23 heavy (non-hydrogen) atoms. The van der Waals surface area contributed by atoms with E-state index < -0.39 is 0 Å². The number of nitrogens with one attached hydrogen (secondary N) is 1. The summed E-state index contributed by atoms with van der Waals surface area (Å²) in [6.45, 7) is 6.95. The lowest BCUT2D eigenvalue weighted by Gasteiger charge is -2.26. The molecule has 1 fully saturated rings. The van der Waals surface area contributed by atoms with Crippen LogP contribution in [-0.2, 0) is 6.54 Å². The normalized spacial score (nSPS) is 15.7. The van der Waals surface area contributed by atoms with Crippen molar-refractivity contribution in [2.75, 3.05) is 26.2 Å². The van der Waals surface area contributed by atoms with Crippen LogP contribution in [0.25, 0.3) is 11.4 Å². The Morgan fingerprint density at radius 3 is 2.57 bits per heavy atom. The highest BCUT2D eigenvalue weighted by Crippen LogP contribution is 2.21. The van der Waals surface area contributed by atoms with E-state index in [1.54, 1.807) is 0 Å². The number of rotatable bonds is 6. The monoisotopic (exact) mass is 332 g/mol. The zero-order valence-electron chi connectivity index (χ0n) is 13.6. The third-order valence-electron chi connectivity index (χ3n) is 4.27. The van der Waals surface area contributed by atoms with Crippen molar-refractivity contribution in [1.82, 2.24) is 19.7 Å². The second kappa shape index (κ2) is 7.75. The molecule has 5 nitrogen and oxygen atoms in total. The average Bonchev–Trinajstić information content (AvgIpc) is 2.96. The highest BCUT2D eigenvalue weighted by Gasteiger charge is 2.13. The Hall–Kier alpha value is -1.66. The van der Waals surface area contributed by atoms with Crippen LogP contribution in [0.15, 0.2) is 24.3 Å². The van der Waals surface area contributed by atoms with Gasteiger partial charge in [0.2, 0.25) is 0 Å². The topological polar surface area (TPSA) is 46.1 Å². The summed E-state index contributed by atoms with van der Waals surface area (Å²) in [6.07, 6.45) is 3.98. The molecule has 124 valence electrons. The lowest BCUT2D eigenvalue weighted by atomic mass is 10.1. The molecule has 0 spiro atoms. The molecule has 1 aromatic carbocycles. The second-order valence-electron chi connectivity index (χ2n) is 5.86. The van der Waals surface area contributed by atoms with Crippen molar-refractivity contribution >= 4 is 12.2 Å². The fourth-order valence-electron chi connectivity index (χ4n) is 3.04. The lowest BCUT2D eigenvalue weighted by molar-refractivity contribution is 0.221. The summed E-state index contributed by atoms with van der Waals surface area (Å²) in [5.74, 6) is 1.78. The number of ether oxygens (including phenoxy) is 1. The maximum Gasteiger partial charge on any atom is 0.195 e. The molecule has 1 saturated heterocycles. The van der Waals surface area contributed by atoms with Gasteiger partial charge in [0.15, 0.2) is 10.6 Å². The standard InChI is InChI=1S/C17H24N4OS/c1-2-22-15-8-6-14(7-9-15)16-18-19-17(23)21(16)13-12-20-10-4-3-5-11-20/h6-9H,2-5,10-13H2,1H3,(H,19,23). The van der Waals surface area contributed by atoms with Gasteiger partial charge < -0.3 is 9.64 Å². The van der Waals surface area contributed by atoms with Crippen molar-refractivity contribution in [2.24, 2.45) is 0 Å². The molecule has 6 heteroatoms. The van der Waals surface area contributed by atoms with Crippen LogP contribution in [0.2, 0.25) is 0 Å². The van der Waals surface area contributed by atoms with Gasteiger partial charge in [-0.2, -0.15) is 5.10 Å². The summed E-state index contributed by atoms with van der Waals surface area (Å²) in [6, 6.07) is 8.03. The summed E-state index contributed by atoms with van der Waals surface area (Å²) in [4.78, 5) is 2.51. The molecule has 0 saturated carbocycles. The highest BCUT2D eigenvalue weighted by molar-refractivity contribution is 7.71. The molecule has 1 aliphatic rings. The third kappa shape index (κ3) is 4.00. The van der Waals surface area contributed by atoms with Gasteiger partial charge in [-0.15, -0.1) is 0 Å². The molecule has 0 radical (unpaired) electrons. The average molecular weight is 332 g/mol. The first-order chi connectivity index (χ1) is 11.3. The molecular weight excluding hydrogens is 308 g/mol. The van der Waals surface area contributed by atoms with E-state index in [1.165, 1.54) is 32.4 Å². The number of aromatic nitrogens is 3. The van der Waals surface area contributed by atoms with E-state index in [0.717, 1.165) is 30.2 Å². The van der Waals surface area contributed by atoms with Crippen LogP contribution in [0, 0.1) is 4.77 Å². The number of H-pyrrole nitrogens is 1. The van der Waals surface area contributed by atoms with Gasteiger partial charge in [-0.3, -0.25) is 9.67 Å². The smallest absolute Gasteiger partial charge is 0.195 e. The van der Waals surface area contributed by atoms with E-state index in [0.29, 0.717) is 11.4 Å². The van der Waals surface area contributed by atoms with Crippen LogP contribution in [0.4, 0.5) is 0 Å². The zero-order chi connectivity index (χ0) is 16.1. The zero-order valence-corrected chi connectivity index (χ0v) is 14.4. The van der Waals surface area contributed by atoms with Gasteiger partial charge in [0, 0.05) is 18.7 Å². The van der Waals surface area contributed by atoms with Crippen molar-refractivity contribution in [2.45, 2.75) is 32.7 Å². The van der Waals surface area contributed by atoms with Crippen LogP contribution in [0.1, 0.15) is 26.2 Å². The number of piperidine rings is 1. The number of hydrogen-bond acceptors (Lipinski definition) is 4. The third-order valence-corrected chi connectivity index (χ3v) is 4.58. The van der Waals surface area contributed by atoms with Gasteiger partial charge in [0.25, 0.3) is 0 Å². The van der Waals surface area contributed by atoms with E-state index in [4.69, 9.17) is 17.0 Å². The predicted molar refractivity (Wildman–Crippen MR) is 94.3 cm³/mol. The van der Waals surface area contributed by atoms with Crippen molar-refractivity contribution in [1.29, 1.82) is 0 Å². The van der Waals surface area contributed by atoms with E-state index in [-0.39, 0.29) is 0 Å². The summed E-state index contributed by atoms with van der Waals surface area (Å²) in [5.41, 5.74) is 1.06. The predicted octanol–water partition coefficient (Wildman–Crippen LogP) is 3.49. The number of likely N-dealkylation sites (tertiary alicyclic amines) is 1. The van der Waals surface area contributed by atoms with Crippen LogP contribution in [0.5, 0.6) is 5.75 Å². The molecule has 1 aromatic heterocycles. The van der Waals surface area contributed by atoms with Crippen molar-refractivity contribution in [3.05, 3.63) is 29.0 Å². The summed E-state index contributed by atoms with van der Waals surface area (Å²) in [7, 11) is 0. The Morgan fingerprint density at radius 2 is 1.87 bits per heavy atom. The van der Waals surface area contributed by atoms with Gasteiger partial charge in [-0.05, 0) is 69.3 Å². The first-order valence-electron chi connectivity index (χ1n) is 8.38. The Bertz CT molecular complexity index is 671. The van der Waals surface area contributed by atoms with Crippen LogP contribution >= 0.6 is 12.2 Å². The number of nitrogens with zero attached hydrogens (tertiary/aromatic N) is 3. The minimum absolute atomic E-state index is 0.674. The minimum atomic E-state index is 0.674. The molecule has 2 heterocycles. The van der Waals surface area contributed by atoms with E-state index in [1.807, 2.05) is 31.2 Å². The minimum Gasteiger partial charge on any atom is -0.494 e. The Labute approximate surface area is 142 Å². The summed E-state index contributed by atoms with van der Waals surface area (Å²) >= 11 is 5.41. The fourth-order valence-corrected chi connectivity index (χ4v) is 3.26. The SMILES string of the molecule is CCOc1ccc(-c2n[nH]c(=S)n2CCN2CCCCC2)cc1. The van der Waals surface area contributed by atoms with Gasteiger partial charge in [0.1, 0.15) is 5.75 Å². The number of benzene rings is 1. The molecule has 0 unspecified atom stereocenters. The maximum atomic E-state index is 5.50. The van der Waals surface area contributed by atoms with Crippen LogP contribution < -0.4 is 4.74 Å². The van der Waals surface area contributed by atoms with Crippen LogP contribution in [0.3, 0.4) is 0 Å². The van der Waals surface area contributed by atoms with Crippen LogP contribution in [-0.4, -0.2) is 45.9 Å². The molecule has 0 aliphatic carbocycles. The second-order valence-corrected chi connectivity index (χ2v) is 6.25. The molecule has 0 bridgehead atoms. The van der Waals surface area contributed by atoms with E-state index in [9.17, 15) is 0 Å². The van der Waals surface area contributed by atoms with Gasteiger partial charge >= 0.3 is 0 Å². The molecule has 1 aliphatic heterocycles. The Morgan fingerprint density at radius 1 is 1.13 bits per heavy atom. The summed E-state index contributed by atoms with van der Waals surface area (Å²) < 4.78 is 8.28. The summed E-state index contributed by atoms with van der Waals surface area (Å²) in [5, 5.41) is 7.34. The number of hydrogen-bond donors (Lipinski definition) is 1. The van der Waals surface area contributed by atoms with Crippen molar-refractivity contribution in [3.63, 3.8) is 0 Å². The van der Waals surface area contributed by atoms with Gasteiger partial charge in [-0.1, -0.05) is 6.42 Å². The first-order valence-corrected chi connectivity index (χ1v) is 8.79. The van der Waals surface area contributed by atoms with Crippen molar-refractivity contribution < 1.29 is 4.74 Å². The molecule has 0 atom stereocenters. The maximum absolute atomic E-state index is 5.50. The molecule has 0 amide bonds. The molecule has 3 rings (SSSR count). The molecule has 2 aromatic rings. The molecular formula is C17H24N4OS. The van der Waals surface area contributed by atoms with Gasteiger partial charge in [-0.25, -0.2) is 0 Å².